The lowest BCUT2D eigenvalue weighted by Gasteiger charge is -2.34. The lowest BCUT2D eigenvalue weighted by molar-refractivity contribution is 0.0710. The highest BCUT2D eigenvalue weighted by Gasteiger charge is 2.26. The normalized spacial score (nSPS) is 20.9. The van der Waals surface area contributed by atoms with Gasteiger partial charge >= 0.3 is 6.09 Å². The summed E-state index contributed by atoms with van der Waals surface area (Å²) < 4.78 is 5.30. The molecule has 3 nitrogen and oxygen atoms in total. The predicted molar refractivity (Wildman–Crippen MR) is 65.5 cm³/mol. The number of ether oxygens (including phenoxy) is 1. The molecule has 3 heteroatoms. The molecule has 94 valence electrons. The third-order valence-electron chi connectivity index (χ3n) is 3.31. The predicted octanol–water partition coefficient (Wildman–Crippen LogP) is 3.58. The van der Waals surface area contributed by atoms with E-state index in [2.05, 4.69) is 13.8 Å². The van der Waals surface area contributed by atoms with Crippen LogP contribution >= 0.6 is 0 Å². The molecule has 1 amide bonds. The standard InChI is InChI=1S/C13H25NO2/c1-3-5-8-11-16-13(15)14-10-7-6-9-12(14)4-2/h12H,3-11H2,1-2H3/t12-/m1/s1. The number of unbranched alkanes of at least 4 members (excludes halogenated alkanes) is 2. The second-order valence-electron chi connectivity index (χ2n) is 4.57. The summed E-state index contributed by atoms with van der Waals surface area (Å²) >= 11 is 0. The molecule has 0 aromatic rings. The van der Waals surface area contributed by atoms with Crippen LogP contribution in [0.3, 0.4) is 0 Å². The molecule has 1 saturated heterocycles. The fraction of sp³-hybridized carbons (Fsp3) is 0.923. The van der Waals surface area contributed by atoms with E-state index in [1.807, 2.05) is 4.90 Å². The number of rotatable bonds is 5. The molecule has 0 saturated carbocycles. The minimum absolute atomic E-state index is 0.0948. The number of carbonyl (C=O) groups excluding carboxylic acids is 1. The zero-order valence-electron chi connectivity index (χ0n) is 10.7. The molecule has 16 heavy (non-hydrogen) atoms. The van der Waals surface area contributed by atoms with Gasteiger partial charge in [0.2, 0.25) is 0 Å². The third-order valence-corrected chi connectivity index (χ3v) is 3.31. The molecule has 1 atom stereocenters. The Kier molecular flexibility index (Phi) is 6.27. The Morgan fingerprint density at radius 3 is 2.81 bits per heavy atom. The fourth-order valence-electron chi connectivity index (χ4n) is 2.26. The first-order valence-corrected chi connectivity index (χ1v) is 6.73. The highest BCUT2D eigenvalue weighted by molar-refractivity contribution is 5.68. The summed E-state index contributed by atoms with van der Waals surface area (Å²) in [5, 5.41) is 0. The van der Waals surface area contributed by atoms with Gasteiger partial charge in [-0.1, -0.05) is 26.7 Å². The number of carbonyl (C=O) groups is 1. The first-order valence-electron chi connectivity index (χ1n) is 6.73. The van der Waals surface area contributed by atoms with Gasteiger partial charge in [-0.3, -0.25) is 0 Å². The summed E-state index contributed by atoms with van der Waals surface area (Å²) in [5.41, 5.74) is 0. The number of hydrogen-bond donors (Lipinski definition) is 0. The molecule has 1 heterocycles. The minimum atomic E-state index is -0.0948. The number of amides is 1. The molecular weight excluding hydrogens is 202 g/mol. The average molecular weight is 227 g/mol. The molecule has 0 bridgehead atoms. The van der Waals surface area contributed by atoms with E-state index >= 15 is 0 Å². The molecule has 0 radical (unpaired) electrons. The maximum atomic E-state index is 11.8. The summed E-state index contributed by atoms with van der Waals surface area (Å²) in [7, 11) is 0. The lowest BCUT2D eigenvalue weighted by Crippen LogP contribution is -2.43. The van der Waals surface area contributed by atoms with Crippen molar-refractivity contribution in [1.29, 1.82) is 0 Å². The van der Waals surface area contributed by atoms with Crippen LogP contribution in [0.15, 0.2) is 0 Å². The summed E-state index contributed by atoms with van der Waals surface area (Å²) in [6.07, 6.45) is 7.77. The molecule has 0 aromatic heterocycles. The van der Waals surface area contributed by atoms with Crippen molar-refractivity contribution in [3.8, 4) is 0 Å². The van der Waals surface area contributed by atoms with E-state index in [0.29, 0.717) is 12.6 Å². The van der Waals surface area contributed by atoms with Gasteiger partial charge in [0.1, 0.15) is 0 Å². The van der Waals surface area contributed by atoms with E-state index in [-0.39, 0.29) is 6.09 Å². The van der Waals surface area contributed by atoms with E-state index in [9.17, 15) is 4.79 Å². The van der Waals surface area contributed by atoms with Gasteiger partial charge in [0, 0.05) is 12.6 Å². The monoisotopic (exact) mass is 227 g/mol. The molecule has 1 rings (SSSR count). The minimum Gasteiger partial charge on any atom is -0.449 e. The van der Waals surface area contributed by atoms with Crippen LogP contribution in [0.2, 0.25) is 0 Å². The maximum absolute atomic E-state index is 11.8. The largest absolute Gasteiger partial charge is 0.449 e. The molecule has 1 aliphatic rings. The zero-order valence-corrected chi connectivity index (χ0v) is 10.7. The Hall–Kier alpha value is -0.730. The van der Waals surface area contributed by atoms with Crippen molar-refractivity contribution in [1.82, 2.24) is 4.90 Å². The number of likely N-dealkylation sites (tertiary alicyclic amines) is 1. The van der Waals surface area contributed by atoms with E-state index in [0.717, 1.165) is 38.6 Å². The molecule has 0 N–H and O–H groups in total. The van der Waals surface area contributed by atoms with Crippen LogP contribution in [0, 0.1) is 0 Å². The van der Waals surface area contributed by atoms with Crippen LogP contribution in [0.5, 0.6) is 0 Å². The average Bonchev–Trinajstić information content (AvgIpc) is 2.34. The van der Waals surface area contributed by atoms with Gasteiger partial charge in [0.15, 0.2) is 0 Å². The van der Waals surface area contributed by atoms with E-state index in [1.165, 1.54) is 12.8 Å². The van der Waals surface area contributed by atoms with Gasteiger partial charge in [0.25, 0.3) is 0 Å². The van der Waals surface area contributed by atoms with E-state index in [4.69, 9.17) is 4.74 Å². The molecule has 1 fully saturated rings. The summed E-state index contributed by atoms with van der Waals surface area (Å²) in [4.78, 5) is 13.8. The fourth-order valence-corrected chi connectivity index (χ4v) is 2.26. The highest BCUT2D eigenvalue weighted by atomic mass is 16.6. The van der Waals surface area contributed by atoms with Crippen molar-refractivity contribution >= 4 is 6.09 Å². The topological polar surface area (TPSA) is 29.5 Å². The van der Waals surface area contributed by atoms with Crippen molar-refractivity contribution in [3.05, 3.63) is 0 Å². The Bertz CT molecular complexity index is 206. The van der Waals surface area contributed by atoms with Crippen molar-refractivity contribution in [2.45, 2.75) is 64.8 Å². The highest BCUT2D eigenvalue weighted by Crippen LogP contribution is 2.20. The summed E-state index contributed by atoms with van der Waals surface area (Å²) in [6, 6.07) is 0.410. The molecule has 0 unspecified atom stereocenters. The number of hydrogen-bond acceptors (Lipinski definition) is 2. The van der Waals surface area contributed by atoms with Crippen molar-refractivity contribution < 1.29 is 9.53 Å². The lowest BCUT2D eigenvalue weighted by atomic mass is 10.0. The first-order chi connectivity index (χ1) is 7.79. The molecule has 1 aliphatic heterocycles. The van der Waals surface area contributed by atoms with Gasteiger partial charge < -0.3 is 9.64 Å². The zero-order chi connectivity index (χ0) is 11.8. The second kappa shape index (κ2) is 7.53. The van der Waals surface area contributed by atoms with Gasteiger partial charge in [0.05, 0.1) is 6.61 Å². The van der Waals surface area contributed by atoms with Crippen LogP contribution < -0.4 is 0 Å². The van der Waals surface area contributed by atoms with Gasteiger partial charge in [-0.25, -0.2) is 4.79 Å². The van der Waals surface area contributed by atoms with Crippen molar-refractivity contribution in [2.75, 3.05) is 13.2 Å². The Labute approximate surface area is 99.1 Å². The number of nitrogens with zero attached hydrogens (tertiary/aromatic N) is 1. The molecular formula is C13H25NO2. The van der Waals surface area contributed by atoms with Gasteiger partial charge in [-0.2, -0.15) is 0 Å². The Morgan fingerprint density at radius 2 is 2.12 bits per heavy atom. The Balaban J connectivity index is 2.27. The summed E-state index contributed by atoms with van der Waals surface area (Å²) in [6.45, 7) is 5.76. The van der Waals surface area contributed by atoms with Crippen molar-refractivity contribution in [3.63, 3.8) is 0 Å². The molecule has 0 spiro atoms. The quantitative estimate of drug-likeness (QED) is 0.672. The van der Waals surface area contributed by atoms with Gasteiger partial charge in [-0.15, -0.1) is 0 Å². The van der Waals surface area contributed by atoms with Gasteiger partial charge in [-0.05, 0) is 32.1 Å². The maximum Gasteiger partial charge on any atom is 0.410 e. The molecule has 0 aliphatic carbocycles. The SMILES string of the molecule is CCCCCOC(=O)N1CCCC[C@H]1CC. The second-order valence-corrected chi connectivity index (χ2v) is 4.57. The first kappa shape index (κ1) is 13.3. The van der Waals surface area contributed by atoms with Crippen LogP contribution in [0.4, 0.5) is 4.79 Å². The third kappa shape index (κ3) is 4.03. The van der Waals surface area contributed by atoms with Crippen molar-refractivity contribution in [2.24, 2.45) is 0 Å². The van der Waals surface area contributed by atoms with Crippen LogP contribution in [0.25, 0.3) is 0 Å². The smallest absolute Gasteiger partial charge is 0.410 e. The van der Waals surface area contributed by atoms with Crippen LogP contribution in [-0.4, -0.2) is 30.2 Å². The Morgan fingerprint density at radius 1 is 1.31 bits per heavy atom. The van der Waals surface area contributed by atoms with E-state index < -0.39 is 0 Å². The molecule has 0 aromatic carbocycles. The van der Waals surface area contributed by atoms with E-state index in [1.54, 1.807) is 0 Å². The summed E-state index contributed by atoms with van der Waals surface area (Å²) in [5.74, 6) is 0. The number of piperidine rings is 1. The van der Waals surface area contributed by atoms with Crippen LogP contribution in [-0.2, 0) is 4.74 Å². The van der Waals surface area contributed by atoms with Crippen LogP contribution in [0.1, 0.15) is 58.8 Å².